The van der Waals surface area contributed by atoms with Gasteiger partial charge in [-0.15, -0.1) is 0 Å². The second-order valence-corrected chi connectivity index (χ2v) is 6.13. The molecule has 1 aromatic rings. The lowest BCUT2D eigenvalue weighted by Gasteiger charge is -2.25. The molecule has 100 valence electrons. The van der Waals surface area contributed by atoms with E-state index in [0.29, 0.717) is 12.8 Å². The van der Waals surface area contributed by atoms with Gasteiger partial charge in [0.15, 0.2) is 0 Å². The predicted octanol–water partition coefficient (Wildman–Crippen LogP) is 3.98. The number of benzene rings is 1. The zero-order chi connectivity index (χ0) is 13.9. The maximum atomic E-state index is 12.2. The number of hydrogen-bond donors (Lipinski definition) is 2. The Morgan fingerprint density at radius 2 is 1.72 bits per heavy atom. The fourth-order valence-corrected chi connectivity index (χ4v) is 3.24. The first-order valence-corrected chi connectivity index (χ1v) is 7.48. The van der Waals surface area contributed by atoms with Crippen molar-refractivity contribution in [3.63, 3.8) is 0 Å². The molecule has 0 atom stereocenters. The lowest BCUT2D eigenvalue weighted by atomic mass is 9.93. The first kappa shape index (κ1) is 15.7. The van der Waals surface area contributed by atoms with Gasteiger partial charge in [-0.25, -0.2) is 0 Å². The van der Waals surface area contributed by atoms with Gasteiger partial charge in [0.2, 0.25) is 5.91 Å². The summed E-state index contributed by atoms with van der Waals surface area (Å²) >= 11 is 6.90. The molecule has 3 nitrogen and oxygen atoms in total. The molecule has 1 rings (SSSR count). The molecule has 18 heavy (non-hydrogen) atoms. The van der Waals surface area contributed by atoms with E-state index in [1.54, 1.807) is 0 Å². The van der Waals surface area contributed by atoms with Gasteiger partial charge in [-0.05, 0) is 69.3 Å². The Labute approximate surface area is 125 Å². The SMILES string of the molecule is CCC(N)(CC)C(=O)Nc1c(Br)cc(C)cc1Br. The van der Waals surface area contributed by atoms with Crippen LogP contribution in [0.5, 0.6) is 0 Å². The Morgan fingerprint density at radius 1 is 1.28 bits per heavy atom. The van der Waals surface area contributed by atoms with Crippen LogP contribution in [0.2, 0.25) is 0 Å². The number of amides is 1. The van der Waals surface area contributed by atoms with Crippen molar-refractivity contribution in [1.29, 1.82) is 0 Å². The quantitative estimate of drug-likeness (QED) is 0.833. The highest BCUT2D eigenvalue weighted by molar-refractivity contribution is 9.11. The lowest BCUT2D eigenvalue weighted by molar-refractivity contribution is -0.121. The van der Waals surface area contributed by atoms with Crippen molar-refractivity contribution in [3.05, 3.63) is 26.6 Å². The van der Waals surface area contributed by atoms with Crippen LogP contribution in [0, 0.1) is 6.92 Å². The highest BCUT2D eigenvalue weighted by Gasteiger charge is 2.30. The number of hydrogen-bond acceptors (Lipinski definition) is 2. The van der Waals surface area contributed by atoms with Crippen LogP contribution < -0.4 is 11.1 Å². The Hall–Kier alpha value is -0.390. The van der Waals surface area contributed by atoms with Crippen molar-refractivity contribution in [2.75, 3.05) is 5.32 Å². The van der Waals surface area contributed by atoms with Crippen molar-refractivity contribution in [2.24, 2.45) is 5.73 Å². The van der Waals surface area contributed by atoms with Crippen molar-refractivity contribution in [3.8, 4) is 0 Å². The smallest absolute Gasteiger partial charge is 0.244 e. The molecule has 0 aliphatic carbocycles. The predicted molar refractivity (Wildman–Crippen MR) is 82.7 cm³/mol. The molecule has 0 aliphatic rings. The Balaban J connectivity index is 3.02. The molecule has 0 aliphatic heterocycles. The van der Waals surface area contributed by atoms with Crippen molar-refractivity contribution in [2.45, 2.75) is 39.2 Å². The molecule has 0 fully saturated rings. The molecule has 3 N–H and O–H groups in total. The van der Waals surface area contributed by atoms with Crippen molar-refractivity contribution < 1.29 is 4.79 Å². The summed E-state index contributed by atoms with van der Waals surface area (Å²) in [5.74, 6) is -0.155. The van der Waals surface area contributed by atoms with E-state index < -0.39 is 5.54 Å². The van der Waals surface area contributed by atoms with Crippen LogP contribution in [0.4, 0.5) is 5.69 Å². The van der Waals surface area contributed by atoms with Crippen molar-refractivity contribution in [1.82, 2.24) is 0 Å². The average molecular weight is 378 g/mol. The highest BCUT2D eigenvalue weighted by Crippen LogP contribution is 2.33. The number of nitrogens with two attached hydrogens (primary N) is 1. The maximum Gasteiger partial charge on any atom is 0.244 e. The van der Waals surface area contributed by atoms with E-state index >= 15 is 0 Å². The number of nitrogens with one attached hydrogen (secondary N) is 1. The van der Waals surface area contributed by atoms with Gasteiger partial charge < -0.3 is 11.1 Å². The molecule has 1 amide bonds. The number of aryl methyl sites for hydroxylation is 1. The van der Waals surface area contributed by atoms with E-state index in [1.165, 1.54) is 0 Å². The topological polar surface area (TPSA) is 55.1 Å². The van der Waals surface area contributed by atoms with E-state index in [0.717, 1.165) is 20.2 Å². The van der Waals surface area contributed by atoms with Gasteiger partial charge in [-0.1, -0.05) is 13.8 Å². The minimum atomic E-state index is -0.816. The first-order chi connectivity index (χ1) is 8.34. The van der Waals surface area contributed by atoms with Gasteiger partial charge in [-0.2, -0.15) is 0 Å². The molecular formula is C13H18Br2N2O. The number of anilines is 1. The number of rotatable bonds is 4. The zero-order valence-corrected chi connectivity index (χ0v) is 14.0. The summed E-state index contributed by atoms with van der Waals surface area (Å²) in [6.45, 7) is 5.83. The molecule has 0 aromatic heterocycles. The molecule has 0 saturated heterocycles. The Bertz CT molecular complexity index is 433. The van der Waals surface area contributed by atoms with E-state index in [4.69, 9.17) is 5.73 Å². The van der Waals surface area contributed by atoms with Gasteiger partial charge in [0.25, 0.3) is 0 Å². The van der Waals surface area contributed by atoms with Crippen LogP contribution >= 0.6 is 31.9 Å². The van der Waals surface area contributed by atoms with Gasteiger partial charge >= 0.3 is 0 Å². The van der Waals surface area contributed by atoms with Crippen LogP contribution in [0.25, 0.3) is 0 Å². The third kappa shape index (κ3) is 3.33. The molecule has 0 spiro atoms. The van der Waals surface area contributed by atoms with Gasteiger partial charge in [0.1, 0.15) is 0 Å². The van der Waals surface area contributed by atoms with Crippen LogP contribution in [0.3, 0.4) is 0 Å². The van der Waals surface area contributed by atoms with Gasteiger partial charge in [0, 0.05) is 8.95 Å². The van der Waals surface area contributed by atoms with Gasteiger partial charge in [0.05, 0.1) is 11.2 Å². The Kier molecular flexibility index (Phi) is 5.37. The van der Waals surface area contributed by atoms with Gasteiger partial charge in [-0.3, -0.25) is 4.79 Å². The summed E-state index contributed by atoms with van der Waals surface area (Å²) in [4.78, 5) is 12.2. The molecule has 0 heterocycles. The zero-order valence-electron chi connectivity index (χ0n) is 10.8. The molecule has 0 saturated carbocycles. The first-order valence-electron chi connectivity index (χ1n) is 5.90. The molecule has 0 bridgehead atoms. The molecule has 0 unspecified atom stereocenters. The fraction of sp³-hybridized carbons (Fsp3) is 0.462. The minimum Gasteiger partial charge on any atom is -0.323 e. The second kappa shape index (κ2) is 6.17. The maximum absolute atomic E-state index is 12.2. The highest BCUT2D eigenvalue weighted by atomic mass is 79.9. The third-order valence-electron chi connectivity index (χ3n) is 3.14. The molecule has 1 aromatic carbocycles. The lowest BCUT2D eigenvalue weighted by Crippen LogP contribution is -2.50. The van der Waals surface area contributed by atoms with Crippen LogP contribution in [-0.2, 0) is 4.79 Å². The molecule has 5 heteroatoms. The number of carbonyl (C=O) groups excluding carboxylic acids is 1. The summed E-state index contributed by atoms with van der Waals surface area (Å²) in [5, 5.41) is 2.89. The van der Waals surface area contributed by atoms with Crippen LogP contribution in [-0.4, -0.2) is 11.4 Å². The summed E-state index contributed by atoms with van der Waals surface area (Å²) in [6, 6.07) is 3.91. The van der Waals surface area contributed by atoms with Crippen molar-refractivity contribution >= 4 is 43.5 Å². The monoisotopic (exact) mass is 376 g/mol. The van der Waals surface area contributed by atoms with Crippen LogP contribution in [0.15, 0.2) is 21.1 Å². The molecular weight excluding hydrogens is 360 g/mol. The third-order valence-corrected chi connectivity index (χ3v) is 4.39. The summed E-state index contributed by atoms with van der Waals surface area (Å²) < 4.78 is 1.69. The largest absolute Gasteiger partial charge is 0.323 e. The van der Waals surface area contributed by atoms with E-state index in [1.807, 2.05) is 32.9 Å². The normalized spacial score (nSPS) is 11.4. The standard InChI is InChI=1S/C13H18Br2N2O/c1-4-13(16,5-2)12(18)17-11-9(14)6-8(3)7-10(11)15/h6-7H,4-5,16H2,1-3H3,(H,17,18). The van der Waals surface area contributed by atoms with Crippen LogP contribution in [0.1, 0.15) is 32.3 Å². The fourth-order valence-electron chi connectivity index (χ4n) is 1.63. The second-order valence-electron chi connectivity index (χ2n) is 4.42. The van der Waals surface area contributed by atoms with E-state index in [-0.39, 0.29) is 5.91 Å². The average Bonchev–Trinajstić information content (AvgIpc) is 2.32. The Morgan fingerprint density at radius 3 is 2.11 bits per heavy atom. The van der Waals surface area contributed by atoms with E-state index in [9.17, 15) is 4.79 Å². The molecule has 0 radical (unpaired) electrons. The number of carbonyl (C=O) groups is 1. The summed E-state index contributed by atoms with van der Waals surface area (Å²) in [7, 11) is 0. The summed E-state index contributed by atoms with van der Waals surface area (Å²) in [6.07, 6.45) is 1.22. The summed E-state index contributed by atoms with van der Waals surface area (Å²) in [5.41, 5.74) is 7.09. The minimum absolute atomic E-state index is 0.155. The van der Waals surface area contributed by atoms with E-state index in [2.05, 4.69) is 37.2 Å². The number of halogens is 2.